The summed E-state index contributed by atoms with van der Waals surface area (Å²) < 4.78 is 0. The molecule has 0 spiro atoms. The van der Waals surface area contributed by atoms with Crippen molar-refractivity contribution in [2.75, 3.05) is 0 Å². The third-order valence-corrected chi connectivity index (χ3v) is 4.01. The molecule has 0 heterocycles. The number of benzene rings is 1. The van der Waals surface area contributed by atoms with Crippen molar-refractivity contribution in [3.8, 4) is 0 Å². The molecule has 0 aliphatic heterocycles. The minimum Gasteiger partial charge on any atom is -0.292 e. The number of carbonyl (C=O) groups excluding carboxylic acids is 1. The quantitative estimate of drug-likeness (QED) is 0.600. The van der Waals surface area contributed by atoms with Crippen LogP contribution in [0, 0.1) is 17.4 Å². The first-order valence-electron chi connectivity index (χ1n) is 7.25. The van der Waals surface area contributed by atoms with Crippen LogP contribution in [0.25, 0.3) is 0 Å². The highest BCUT2D eigenvalue weighted by atomic mass is 17.2. The van der Waals surface area contributed by atoms with Gasteiger partial charge in [0, 0.05) is 0 Å². The average molecular weight is 275 g/mol. The van der Waals surface area contributed by atoms with E-state index in [1.807, 2.05) is 6.07 Å². The normalized spacial score (nSPS) is 17.9. The van der Waals surface area contributed by atoms with E-state index in [0.717, 1.165) is 31.8 Å². The molecule has 109 valence electrons. The number of hydrogen-bond acceptors (Lipinski definition) is 3. The second-order valence-electron chi connectivity index (χ2n) is 6.50. The van der Waals surface area contributed by atoms with Gasteiger partial charge in [0.05, 0.1) is 5.56 Å². The number of rotatable bonds is 3. The fourth-order valence-corrected chi connectivity index (χ4v) is 2.61. The molecule has 20 heavy (non-hydrogen) atoms. The van der Waals surface area contributed by atoms with Gasteiger partial charge in [-0.15, -0.1) is 0 Å². The largest absolute Gasteiger partial charge is 0.373 e. The minimum atomic E-state index is -0.434. The molecule has 0 atom stereocenters. The van der Waals surface area contributed by atoms with E-state index in [4.69, 9.17) is 9.78 Å². The van der Waals surface area contributed by atoms with Gasteiger partial charge in [0.2, 0.25) is 0 Å². The summed E-state index contributed by atoms with van der Waals surface area (Å²) in [6, 6.07) is 8.90. The molecule has 3 heteroatoms. The second-order valence-corrected chi connectivity index (χ2v) is 6.50. The second kappa shape index (κ2) is 6.40. The zero-order chi connectivity index (χ0) is 14.6. The molecule has 1 radical (unpaired) electrons. The number of hydrogen-bond donors (Lipinski definition) is 0. The van der Waals surface area contributed by atoms with Crippen molar-refractivity contribution in [3.05, 3.63) is 42.0 Å². The van der Waals surface area contributed by atoms with Crippen molar-refractivity contribution in [1.82, 2.24) is 0 Å². The fourth-order valence-electron chi connectivity index (χ4n) is 2.61. The van der Waals surface area contributed by atoms with Gasteiger partial charge >= 0.3 is 5.97 Å². The molecular formula is C17H23O3. The Hall–Kier alpha value is -1.35. The molecule has 1 aromatic rings. The van der Waals surface area contributed by atoms with Gasteiger partial charge in [0.25, 0.3) is 0 Å². The molecule has 0 bridgehead atoms. The van der Waals surface area contributed by atoms with Crippen molar-refractivity contribution in [1.29, 1.82) is 0 Å². The maximum Gasteiger partial charge on any atom is 0.373 e. The predicted octanol–water partition coefficient (Wildman–Crippen LogP) is 4.54. The van der Waals surface area contributed by atoms with Crippen molar-refractivity contribution in [2.24, 2.45) is 11.3 Å². The van der Waals surface area contributed by atoms with E-state index < -0.39 is 5.97 Å². The van der Waals surface area contributed by atoms with E-state index >= 15 is 0 Å². The molecule has 0 N–H and O–H groups in total. The van der Waals surface area contributed by atoms with Crippen LogP contribution in [0.4, 0.5) is 0 Å². The van der Waals surface area contributed by atoms with Crippen LogP contribution in [0.15, 0.2) is 30.3 Å². The van der Waals surface area contributed by atoms with Crippen molar-refractivity contribution < 1.29 is 14.6 Å². The van der Waals surface area contributed by atoms with Crippen LogP contribution in [-0.4, -0.2) is 5.97 Å². The summed E-state index contributed by atoms with van der Waals surface area (Å²) in [4.78, 5) is 21.9. The molecule has 0 unspecified atom stereocenters. The minimum absolute atomic E-state index is 0.340. The van der Waals surface area contributed by atoms with E-state index in [1.165, 1.54) is 0 Å². The maximum atomic E-state index is 11.8. The SMILES string of the molecule is CC(C)(C)C1CC[C](OOC(=O)c2ccccc2)CC1. The van der Waals surface area contributed by atoms with Gasteiger partial charge in [-0.25, -0.2) is 4.79 Å². The standard InChI is InChI=1S/C17H23O3/c1-17(2,3)14-9-11-15(12-10-14)19-20-16(18)13-7-5-4-6-8-13/h4-8,14H,9-12H2,1-3H3. The molecular weight excluding hydrogens is 252 g/mol. The highest BCUT2D eigenvalue weighted by molar-refractivity contribution is 5.88. The van der Waals surface area contributed by atoms with Gasteiger partial charge < -0.3 is 0 Å². The Morgan fingerprint density at radius 2 is 1.70 bits per heavy atom. The van der Waals surface area contributed by atoms with E-state index in [0.29, 0.717) is 16.9 Å². The Kier molecular flexibility index (Phi) is 4.81. The van der Waals surface area contributed by atoms with E-state index in [-0.39, 0.29) is 0 Å². The zero-order valence-corrected chi connectivity index (χ0v) is 12.5. The van der Waals surface area contributed by atoms with Gasteiger partial charge in [-0.2, -0.15) is 4.89 Å². The van der Waals surface area contributed by atoms with Crippen molar-refractivity contribution in [2.45, 2.75) is 46.5 Å². The topological polar surface area (TPSA) is 35.5 Å². The lowest BCUT2D eigenvalue weighted by molar-refractivity contribution is -0.241. The first-order chi connectivity index (χ1) is 9.47. The fraction of sp³-hybridized carbons (Fsp3) is 0.529. The Morgan fingerprint density at radius 1 is 1.10 bits per heavy atom. The van der Waals surface area contributed by atoms with E-state index in [1.54, 1.807) is 24.3 Å². The Morgan fingerprint density at radius 3 is 2.25 bits per heavy atom. The maximum absolute atomic E-state index is 11.8. The average Bonchev–Trinajstić information content (AvgIpc) is 2.45. The van der Waals surface area contributed by atoms with Gasteiger partial charge in [-0.3, -0.25) is 4.89 Å². The summed E-state index contributed by atoms with van der Waals surface area (Å²) in [5.74, 6) is 0.274. The summed E-state index contributed by atoms with van der Waals surface area (Å²) in [7, 11) is 0. The Labute approximate surface area is 121 Å². The molecule has 1 aromatic carbocycles. The Balaban J connectivity index is 1.75. The lowest BCUT2D eigenvalue weighted by Crippen LogP contribution is -2.26. The molecule has 1 aliphatic carbocycles. The first kappa shape index (κ1) is 15.0. The summed E-state index contributed by atoms with van der Waals surface area (Å²) in [5, 5.41) is 0. The highest BCUT2D eigenvalue weighted by Crippen LogP contribution is 2.40. The van der Waals surface area contributed by atoms with Crippen molar-refractivity contribution >= 4 is 5.97 Å². The summed E-state index contributed by atoms with van der Waals surface area (Å²) in [5.41, 5.74) is 0.850. The molecule has 1 saturated carbocycles. The van der Waals surface area contributed by atoms with Crippen molar-refractivity contribution in [3.63, 3.8) is 0 Å². The van der Waals surface area contributed by atoms with Gasteiger partial charge in [-0.1, -0.05) is 39.0 Å². The molecule has 2 rings (SSSR count). The summed E-state index contributed by atoms with van der Waals surface area (Å²) in [6.07, 6.45) is 4.84. The molecule has 0 saturated heterocycles. The third kappa shape index (κ3) is 4.07. The van der Waals surface area contributed by atoms with E-state index in [2.05, 4.69) is 20.8 Å². The lowest BCUT2D eigenvalue weighted by atomic mass is 9.72. The van der Waals surface area contributed by atoms with Crippen LogP contribution in [0.2, 0.25) is 0 Å². The van der Waals surface area contributed by atoms with Crippen LogP contribution >= 0.6 is 0 Å². The molecule has 0 amide bonds. The van der Waals surface area contributed by atoms with Gasteiger partial charge in [-0.05, 0) is 49.1 Å². The lowest BCUT2D eigenvalue weighted by Gasteiger charge is -2.35. The smallest absolute Gasteiger partial charge is 0.292 e. The monoisotopic (exact) mass is 275 g/mol. The first-order valence-corrected chi connectivity index (χ1v) is 7.25. The van der Waals surface area contributed by atoms with E-state index in [9.17, 15) is 4.79 Å². The van der Waals surface area contributed by atoms with Crippen LogP contribution in [-0.2, 0) is 9.78 Å². The third-order valence-electron chi connectivity index (χ3n) is 4.01. The van der Waals surface area contributed by atoms with Crippen LogP contribution in [0.3, 0.4) is 0 Å². The van der Waals surface area contributed by atoms with Gasteiger partial charge in [0.15, 0.2) is 0 Å². The summed E-state index contributed by atoms with van der Waals surface area (Å²) in [6.45, 7) is 6.83. The molecule has 1 aliphatic rings. The van der Waals surface area contributed by atoms with Crippen LogP contribution < -0.4 is 0 Å². The molecule has 0 aromatic heterocycles. The number of carbonyl (C=O) groups is 1. The zero-order valence-electron chi connectivity index (χ0n) is 12.5. The van der Waals surface area contributed by atoms with Crippen LogP contribution in [0.1, 0.15) is 56.8 Å². The van der Waals surface area contributed by atoms with Crippen LogP contribution in [0.5, 0.6) is 0 Å². The summed E-state index contributed by atoms with van der Waals surface area (Å²) >= 11 is 0. The molecule has 1 fully saturated rings. The van der Waals surface area contributed by atoms with Gasteiger partial charge in [0.1, 0.15) is 6.10 Å². The Bertz CT molecular complexity index is 425. The highest BCUT2D eigenvalue weighted by Gasteiger charge is 2.31. The molecule has 3 nitrogen and oxygen atoms in total. The predicted molar refractivity (Wildman–Crippen MR) is 77.6 cm³/mol.